The molecule has 2 N–H and O–H groups in total. The van der Waals surface area contributed by atoms with E-state index in [9.17, 15) is 8.78 Å². The van der Waals surface area contributed by atoms with Crippen LogP contribution in [0.2, 0.25) is 0 Å². The van der Waals surface area contributed by atoms with Crippen LogP contribution in [0.4, 0.5) is 8.78 Å². The van der Waals surface area contributed by atoms with E-state index in [1.165, 1.54) is 12.1 Å². The molecule has 0 heterocycles. The molecule has 1 unspecified atom stereocenters. The predicted molar refractivity (Wildman–Crippen MR) is 71.1 cm³/mol. The van der Waals surface area contributed by atoms with E-state index in [0.717, 1.165) is 16.1 Å². The Morgan fingerprint density at radius 1 is 1.00 bits per heavy atom. The molecular formula is C14H12BrF2N. The van der Waals surface area contributed by atoms with E-state index in [2.05, 4.69) is 15.9 Å². The zero-order valence-corrected chi connectivity index (χ0v) is 11.3. The Morgan fingerprint density at radius 3 is 2.17 bits per heavy atom. The van der Waals surface area contributed by atoms with E-state index >= 15 is 0 Å². The van der Waals surface area contributed by atoms with Crippen LogP contribution in [0.15, 0.2) is 46.9 Å². The van der Waals surface area contributed by atoms with Crippen LogP contribution in [-0.4, -0.2) is 0 Å². The van der Waals surface area contributed by atoms with Crippen molar-refractivity contribution in [2.75, 3.05) is 0 Å². The van der Waals surface area contributed by atoms with Crippen molar-refractivity contribution in [1.29, 1.82) is 0 Å². The van der Waals surface area contributed by atoms with Gasteiger partial charge in [0.05, 0.1) is 5.54 Å². The number of halogens is 3. The molecule has 2 aromatic carbocycles. The second-order valence-electron chi connectivity index (χ2n) is 4.37. The second-order valence-corrected chi connectivity index (χ2v) is 5.29. The molecule has 0 spiro atoms. The lowest BCUT2D eigenvalue weighted by Gasteiger charge is -2.26. The maximum absolute atomic E-state index is 13.2. The second kappa shape index (κ2) is 4.78. The van der Waals surface area contributed by atoms with Gasteiger partial charge >= 0.3 is 0 Å². The van der Waals surface area contributed by atoms with Gasteiger partial charge in [0.2, 0.25) is 0 Å². The maximum atomic E-state index is 13.2. The van der Waals surface area contributed by atoms with Crippen LogP contribution >= 0.6 is 15.9 Å². The summed E-state index contributed by atoms with van der Waals surface area (Å²) in [5.74, 6) is -1.26. The third-order valence-electron chi connectivity index (χ3n) is 2.89. The third kappa shape index (κ3) is 2.60. The zero-order valence-electron chi connectivity index (χ0n) is 9.75. The fraction of sp³-hybridized carbons (Fsp3) is 0.143. The van der Waals surface area contributed by atoms with E-state index in [1.54, 1.807) is 6.92 Å². The Bertz CT molecular complexity index is 562. The lowest BCUT2D eigenvalue weighted by atomic mass is 9.85. The van der Waals surface area contributed by atoms with E-state index in [4.69, 9.17) is 5.73 Å². The number of hydrogen-bond donors (Lipinski definition) is 1. The van der Waals surface area contributed by atoms with Gasteiger partial charge in [-0.15, -0.1) is 0 Å². The summed E-state index contributed by atoms with van der Waals surface area (Å²) in [6.45, 7) is 1.73. The summed E-state index contributed by atoms with van der Waals surface area (Å²) in [6.07, 6.45) is 0. The molecular weight excluding hydrogens is 300 g/mol. The van der Waals surface area contributed by atoms with Crippen LogP contribution in [0.3, 0.4) is 0 Å². The lowest BCUT2D eigenvalue weighted by molar-refractivity contribution is 0.550. The van der Waals surface area contributed by atoms with E-state index in [1.807, 2.05) is 24.3 Å². The van der Waals surface area contributed by atoms with Gasteiger partial charge in [0.15, 0.2) is 0 Å². The molecule has 0 fully saturated rings. The molecule has 4 heteroatoms. The van der Waals surface area contributed by atoms with Crippen LogP contribution in [0.1, 0.15) is 18.1 Å². The number of hydrogen-bond acceptors (Lipinski definition) is 1. The van der Waals surface area contributed by atoms with Gasteiger partial charge in [-0.3, -0.25) is 0 Å². The molecule has 2 rings (SSSR count). The van der Waals surface area contributed by atoms with Gasteiger partial charge in [-0.05, 0) is 42.3 Å². The van der Waals surface area contributed by atoms with Crippen molar-refractivity contribution in [3.05, 3.63) is 69.7 Å². The van der Waals surface area contributed by atoms with Crippen molar-refractivity contribution < 1.29 is 8.78 Å². The fourth-order valence-corrected chi connectivity index (χ4v) is 2.23. The van der Waals surface area contributed by atoms with E-state index in [0.29, 0.717) is 5.56 Å². The Labute approximate surface area is 113 Å². The van der Waals surface area contributed by atoms with Crippen LogP contribution in [0, 0.1) is 11.6 Å². The van der Waals surface area contributed by atoms with Gasteiger partial charge in [-0.1, -0.05) is 28.1 Å². The first kappa shape index (κ1) is 13.2. The summed E-state index contributed by atoms with van der Waals surface area (Å²) in [6, 6.07) is 10.7. The average molecular weight is 312 g/mol. The van der Waals surface area contributed by atoms with Crippen LogP contribution in [0.25, 0.3) is 0 Å². The molecule has 0 aliphatic heterocycles. The first-order chi connectivity index (χ1) is 8.39. The van der Waals surface area contributed by atoms with Crippen molar-refractivity contribution in [2.24, 2.45) is 5.73 Å². The molecule has 0 aliphatic carbocycles. The standard InChI is InChI=1S/C14H12BrF2N/c1-14(18,9-3-2-4-11(15)5-9)10-6-12(16)8-13(17)7-10/h2-8H,18H2,1H3. The summed E-state index contributed by atoms with van der Waals surface area (Å²) >= 11 is 3.35. The maximum Gasteiger partial charge on any atom is 0.126 e. The molecule has 0 radical (unpaired) electrons. The van der Waals surface area contributed by atoms with Gasteiger partial charge in [0, 0.05) is 10.5 Å². The molecule has 1 nitrogen and oxygen atoms in total. The van der Waals surface area contributed by atoms with Crippen LogP contribution < -0.4 is 5.73 Å². The minimum Gasteiger partial charge on any atom is -0.318 e. The molecule has 0 bridgehead atoms. The lowest BCUT2D eigenvalue weighted by Crippen LogP contribution is -2.34. The van der Waals surface area contributed by atoms with Gasteiger partial charge in [-0.25, -0.2) is 8.78 Å². The zero-order chi connectivity index (χ0) is 13.3. The number of nitrogens with two attached hydrogens (primary N) is 1. The number of rotatable bonds is 2. The minimum atomic E-state index is -0.952. The molecule has 1 atom stereocenters. The normalized spacial score (nSPS) is 14.3. The fourth-order valence-electron chi connectivity index (χ4n) is 1.83. The quantitative estimate of drug-likeness (QED) is 0.893. The highest BCUT2D eigenvalue weighted by molar-refractivity contribution is 9.10. The monoisotopic (exact) mass is 311 g/mol. The Kier molecular flexibility index (Phi) is 3.50. The summed E-state index contributed by atoms with van der Waals surface area (Å²) < 4.78 is 27.4. The minimum absolute atomic E-state index is 0.401. The Morgan fingerprint density at radius 2 is 1.61 bits per heavy atom. The van der Waals surface area contributed by atoms with Crippen molar-refractivity contribution in [3.63, 3.8) is 0 Å². The molecule has 0 amide bonds. The van der Waals surface area contributed by atoms with Crippen molar-refractivity contribution >= 4 is 15.9 Å². The van der Waals surface area contributed by atoms with Crippen LogP contribution in [0.5, 0.6) is 0 Å². The van der Waals surface area contributed by atoms with Gasteiger partial charge in [-0.2, -0.15) is 0 Å². The Balaban J connectivity index is 2.53. The predicted octanol–water partition coefficient (Wildman–Crippen LogP) is 3.95. The van der Waals surface area contributed by atoms with Crippen molar-refractivity contribution in [3.8, 4) is 0 Å². The molecule has 0 aromatic heterocycles. The van der Waals surface area contributed by atoms with Crippen LogP contribution in [-0.2, 0) is 5.54 Å². The molecule has 0 aliphatic rings. The first-order valence-electron chi connectivity index (χ1n) is 5.41. The van der Waals surface area contributed by atoms with Crippen molar-refractivity contribution in [2.45, 2.75) is 12.5 Å². The number of benzene rings is 2. The Hall–Kier alpha value is -1.26. The van der Waals surface area contributed by atoms with Gasteiger partial charge in [0.25, 0.3) is 0 Å². The summed E-state index contributed by atoms with van der Waals surface area (Å²) in [4.78, 5) is 0. The van der Waals surface area contributed by atoms with E-state index < -0.39 is 17.2 Å². The largest absolute Gasteiger partial charge is 0.318 e. The smallest absolute Gasteiger partial charge is 0.126 e. The molecule has 18 heavy (non-hydrogen) atoms. The summed E-state index contributed by atoms with van der Waals surface area (Å²) in [5, 5.41) is 0. The average Bonchev–Trinajstić information content (AvgIpc) is 2.27. The third-order valence-corrected chi connectivity index (χ3v) is 3.38. The summed E-state index contributed by atoms with van der Waals surface area (Å²) in [5.41, 5.74) is 6.44. The molecule has 2 aromatic rings. The highest BCUT2D eigenvalue weighted by atomic mass is 79.9. The highest BCUT2D eigenvalue weighted by Crippen LogP contribution is 2.29. The molecule has 94 valence electrons. The van der Waals surface area contributed by atoms with Crippen molar-refractivity contribution in [1.82, 2.24) is 0 Å². The highest BCUT2D eigenvalue weighted by Gasteiger charge is 2.25. The van der Waals surface area contributed by atoms with Gasteiger partial charge in [0.1, 0.15) is 11.6 Å². The topological polar surface area (TPSA) is 26.0 Å². The molecule has 0 saturated carbocycles. The SMILES string of the molecule is CC(N)(c1cc(F)cc(F)c1)c1cccc(Br)c1. The summed E-state index contributed by atoms with van der Waals surface area (Å²) in [7, 11) is 0. The van der Waals surface area contributed by atoms with Gasteiger partial charge < -0.3 is 5.73 Å². The molecule has 0 saturated heterocycles. The first-order valence-corrected chi connectivity index (χ1v) is 6.20. The van der Waals surface area contributed by atoms with E-state index in [-0.39, 0.29) is 0 Å².